The second-order valence-electron chi connectivity index (χ2n) is 10.0. The number of anilines is 1. The lowest BCUT2D eigenvalue weighted by molar-refractivity contribution is -0.153. The largest absolute Gasteiger partial charge is 0.494 e. The first kappa shape index (κ1) is 29.1. The molecule has 0 amide bonds. The van der Waals surface area contributed by atoms with Crippen LogP contribution in [0.4, 0.5) is 5.69 Å². The highest BCUT2D eigenvalue weighted by Gasteiger charge is 2.18. The van der Waals surface area contributed by atoms with Crippen LogP contribution in [-0.2, 0) is 25.7 Å². The summed E-state index contributed by atoms with van der Waals surface area (Å²) in [6.07, 6.45) is 2.00. The van der Waals surface area contributed by atoms with E-state index in [0.717, 1.165) is 51.0 Å². The number of methoxy groups -OCH3 is 1. The van der Waals surface area contributed by atoms with Crippen molar-refractivity contribution < 1.29 is 23.7 Å². The molecular weight excluding hydrogens is 542 g/mol. The lowest BCUT2D eigenvalue weighted by Crippen LogP contribution is -2.46. The summed E-state index contributed by atoms with van der Waals surface area (Å²) in [6.45, 7) is 6.16. The van der Waals surface area contributed by atoms with Crippen LogP contribution in [0.2, 0.25) is 0 Å². The molecule has 1 fully saturated rings. The van der Waals surface area contributed by atoms with E-state index in [1.165, 1.54) is 26.4 Å². The molecule has 1 aliphatic rings. The predicted octanol–water partition coefficient (Wildman–Crippen LogP) is 4.36. The van der Waals surface area contributed by atoms with Crippen LogP contribution < -0.4 is 15.2 Å². The minimum absolute atomic E-state index is 0.193. The van der Waals surface area contributed by atoms with Gasteiger partial charge < -0.3 is 23.8 Å². The molecule has 0 bridgehead atoms. The third-order valence-corrected chi connectivity index (χ3v) is 8.18. The average molecular weight is 580 g/mol. The van der Waals surface area contributed by atoms with Gasteiger partial charge in [-0.2, -0.15) is 0 Å². The van der Waals surface area contributed by atoms with Crippen molar-refractivity contribution in [3.63, 3.8) is 0 Å². The third-order valence-electron chi connectivity index (χ3n) is 7.29. The highest BCUT2D eigenvalue weighted by molar-refractivity contribution is 7.17. The second-order valence-corrected chi connectivity index (χ2v) is 11.0. The van der Waals surface area contributed by atoms with E-state index in [1.54, 1.807) is 24.5 Å². The summed E-state index contributed by atoms with van der Waals surface area (Å²) in [5.41, 5.74) is 1.75. The number of aromatic nitrogens is 1. The zero-order chi connectivity index (χ0) is 28.4. The highest BCUT2D eigenvalue weighted by Crippen LogP contribution is 2.31. The van der Waals surface area contributed by atoms with Crippen LogP contribution in [0.15, 0.2) is 64.8 Å². The number of unbranched alkanes of at least 4 members (excludes halogenated alkanes) is 1. The summed E-state index contributed by atoms with van der Waals surface area (Å²) in [7, 11) is 1.56. The van der Waals surface area contributed by atoms with Crippen molar-refractivity contribution in [2.24, 2.45) is 0 Å². The Hall–Kier alpha value is -3.44. The van der Waals surface area contributed by atoms with Crippen molar-refractivity contribution in [1.82, 2.24) is 9.47 Å². The van der Waals surface area contributed by atoms with Crippen molar-refractivity contribution in [3.8, 4) is 5.75 Å². The van der Waals surface area contributed by atoms with E-state index in [-0.39, 0.29) is 18.9 Å². The SMILES string of the molecule is COCCOCC(=O)OCn1c(=O)ccc2ccc(OCCCCN3CCN(c4cccc5sccc45)CC3)cc21. The highest BCUT2D eigenvalue weighted by atomic mass is 32.1. The maximum Gasteiger partial charge on any atom is 0.333 e. The number of piperazine rings is 1. The van der Waals surface area contributed by atoms with Crippen LogP contribution >= 0.6 is 11.3 Å². The number of carbonyl (C=O) groups excluding carboxylic acids is 1. The first-order valence-corrected chi connectivity index (χ1v) is 14.9. The molecule has 1 aliphatic heterocycles. The van der Waals surface area contributed by atoms with Crippen molar-refractivity contribution in [3.05, 3.63) is 70.3 Å². The number of nitrogens with zero attached hydrogens (tertiary/aromatic N) is 3. The van der Waals surface area contributed by atoms with Crippen LogP contribution in [0.1, 0.15) is 12.8 Å². The Labute approximate surface area is 243 Å². The minimum atomic E-state index is -0.543. The van der Waals surface area contributed by atoms with Gasteiger partial charge in [-0.15, -0.1) is 11.3 Å². The number of hydrogen-bond acceptors (Lipinski definition) is 9. The number of carbonyl (C=O) groups is 1. The van der Waals surface area contributed by atoms with Gasteiger partial charge in [0.25, 0.3) is 5.56 Å². The number of esters is 1. The normalized spacial score (nSPS) is 14.1. The van der Waals surface area contributed by atoms with Crippen LogP contribution in [-0.4, -0.2) is 81.7 Å². The zero-order valence-electron chi connectivity index (χ0n) is 23.5. The Morgan fingerprint density at radius 2 is 1.80 bits per heavy atom. The standard InChI is InChI=1S/C31H37N3O6S/c1-37-18-19-38-22-31(36)40-23-34-28-21-25(9-7-24(28)8-10-30(34)35)39-17-3-2-12-32-13-15-33(16-14-32)27-5-4-6-29-26(27)11-20-41-29/h4-11,20-21H,2-3,12-19,22-23H2,1H3. The molecular formula is C31H37N3O6S. The minimum Gasteiger partial charge on any atom is -0.494 e. The van der Waals surface area contributed by atoms with Gasteiger partial charge in [-0.3, -0.25) is 14.3 Å². The maximum absolute atomic E-state index is 12.5. The van der Waals surface area contributed by atoms with Crippen LogP contribution in [0, 0.1) is 0 Å². The molecule has 9 nitrogen and oxygen atoms in total. The lowest BCUT2D eigenvalue weighted by Gasteiger charge is -2.36. The molecule has 0 aliphatic carbocycles. The Kier molecular flexibility index (Phi) is 10.2. The Balaban J connectivity index is 1.06. The lowest BCUT2D eigenvalue weighted by atomic mass is 10.2. The Morgan fingerprint density at radius 1 is 0.951 bits per heavy atom. The number of thiophene rings is 1. The summed E-state index contributed by atoms with van der Waals surface area (Å²) >= 11 is 1.80. The van der Waals surface area contributed by atoms with Crippen molar-refractivity contribution in [1.29, 1.82) is 0 Å². The quantitative estimate of drug-likeness (QED) is 0.161. The second kappa shape index (κ2) is 14.5. The number of ether oxygens (including phenoxy) is 4. The van der Waals surface area contributed by atoms with Crippen LogP contribution in [0.25, 0.3) is 21.0 Å². The molecule has 0 N–H and O–H groups in total. The monoisotopic (exact) mass is 579 g/mol. The van der Waals surface area contributed by atoms with Gasteiger partial charge in [0.15, 0.2) is 6.73 Å². The molecule has 4 aromatic rings. The van der Waals surface area contributed by atoms with E-state index in [2.05, 4.69) is 39.4 Å². The smallest absolute Gasteiger partial charge is 0.333 e. The molecule has 0 spiro atoms. The molecule has 3 heterocycles. The van der Waals surface area contributed by atoms with Gasteiger partial charge in [0.2, 0.25) is 0 Å². The summed E-state index contributed by atoms with van der Waals surface area (Å²) in [5, 5.41) is 4.39. The van der Waals surface area contributed by atoms with Gasteiger partial charge in [-0.05, 0) is 66.6 Å². The van der Waals surface area contributed by atoms with Gasteiger partial charge in [-0.25, -0.2) is 4.79 Å². The number of fused-ring (bicyclic) bond motifs is 2. The number of rotatable bonds is 14. The van der Waals surface area contributed by atoms with Crippen molar-refractivity contribution in [2.45, 2.75) is 19.6 Å². The zero-order valence-corrected chi connectivity index (χ0v) is 24.3. The molecule has 41 heavy (non-hydrogen) atoms. The summed E-state index contributed by atoms with van der Waals surface area (Å²) in [5.74, 6) is 0.140. The van der Waals surface area contributed by atoms with Crippen LogP contribution in [0.3, 0.4) is 0 Å². The first-order chi connectivity index (χ1) is 20.1. The predicted molar refractivity (Wildman–Crippen MR) is 162 cm³/mol. The van der Waals surface area contributed by atoms with Gasteiger partial charge in [0, 0.05) is 61.2 Å². The Morgan fingerprint density at radius 3 is 2.66 bits per heavy atom. The number of pyridine rings is 1. The van der Waals surface area contributed by atoms with Crippen molar-refractivity contribution in [2.75, 3.05) is 71.2 Å². The van der Waals surface area contributed by atoms with Gasteiger partial charge >= 0.3 is 5.97 Å². The van der Waals surface area contributed by atoms with Gasteiger partial charge in [-0.1, -0.05) is 6.07 Å². The molecule has 2 aromatic carbocycles. The summed E-state index contributed by atoms with van der Waals surface area (Å²) in [4.78, 5) is 29.6. The first-order valence-electron chi connectivity index (χ1n) is 14.0. The fourth-order valence-electron chi connectivity index (χ4n) is 5.06. The Bertz CT molecular complexity index is 1490. The number of hydrogen-bond donors (Lipinski definition) is 0. The number of benzene rings is 2. The molecule has 0 atom stereocenters. The molecule has 0 unspecified atom stereocenters. The molecule has 218 valence electrons. The fourth-order valence-corrected chi connectivity index (χ4v) is 5.87. The van der Waals surface area contributed by atoms with E-state index < -0.39 is 5.97 Å². The molecule has 1 saturated heterocycles. The summed E-state index contributed by atoms with van der Waals surface area (Å²) in [6, 6.07) is 17.7. The van der Waals surface area contributed by atoms with E-state index in [0.29, 0.717) is 31.1 Å². The third kappa shape index (κ3) is 7.65. The molecule has 10 heteroatoms. The van der Waals surface area contributed by atoms with E-state index in [9.17, 15) is 9.59 Å². The van der Waals surface area contributed by atoms with Gasteiger partial charge in [0.05, 0.1) is 25.3 Å². The van der Waals surface area contributed by atoms with E-state index in [4.69, 9.17) is 18.9 Å². The van der Waals surface area contributed by atoms with Gasteiger partial charge in [0.1, 0.15) is 12.4 Å². The topological polar surface area (TPSA) is 82.5 Å². The van der Waals surface area contributed by atoms with Crippen molar-refractivity contribution >= 4 is 44.0 Å². The summed E-state index contributed by atoms with van der Waals surface area (Å²) < 4.78 is 24.1. The molecule has 5 rings (SSSR count). The molecule has 0 radical (unpaired) electrons. The van der Waals surface area contributed by atoms with E-state index >= 15 is 0 Å². The van der Waals surface area contributed by atoms with Crippen LogP contribution in [0.5, 0.6) is 5.75 Å². The molecule has 0 saturated carbocycles. The van der Waals surface area contributed by atoms with E-state index in [1.807, 2.05) is 18.2 Å². The fraction of sp³-hybridized carbons (Fsp3) is 0.419. The molecule has 2 aromatic heterocycles. The average Bonchev–Trinajstić information content (AvgIpc) is 3.48. The maximum atomic E-state index is 12.5.